The van der Waals surface area contributed by atoms with Gasteiger partial charge in [0.1, 0.15) is 11.5 Å². The van der Waals surface area contributed by atoms with Gasteiger partial charge >= 0.3 is 0 Å². The number of hydrogen-bond acceptors (Lipinski definition) is 4. The molecule has 27 heavy (non-hydrogen) atoms. The highest BCUT2D eigenvalue weighted by Crippen LogP contribution is 2.36. The second-order valence-corrected chi connectivity index (χ2v) is 6.62. The van der Waals surface area contributed by atoms with Gasteiger partial charge in [0, 0.05) is 18.3 Å². The van der Waals surface area contributed by atoms with E-state index in [-0.39, 0.29) is 23.5 Å². The van der Waals surface area contributed by atoms with Crippen LogP contribution in [0.15, 0.2) is 60.9 Å². The van der Waals surface area contributed by atoms with Gasteiger partial charge in [-0.05, 0) is 42.7 Å². The molecule has 1 atom stereocenters. The highest BCUT2D eigenvalue weighted by molar-refractivity contribution is 5.92. The maximum Gasteiger partial charge on any atom is 0.271 e. The third-order valence-corrected chi connectivity index (χ3v) is 4.69. The summed E-state index contributed by atoms with van der Waals surface area (Å²) in [4.78, 5) is 23.2. The normalized spacial score (nSPS) is 15.5. The standard InChI is InChI=1S/C21H19FN4O/c1-14-10-16-4-2-3-5-19(16)26(14)20-13-23-18(12-24-20)21(27)25-11-15-6-8-17(22)9-7-15/h2-9,12-14H,10-11H2,1H3,(H,25,27). The SMILES string of the molecule is CC1Cc2ccccc2N1c1cnc(C(=O)NCc2ccc(F)cc2)cn1. The summed E-state index contributed by atoms with van der Waals surface area (Å²) >= 11 is 0. The molecule has 1 aromatic heterocycles. The van der Waals surface area contributed by atoms with E-state index in [1.165, 1.54) is 23.9 Å². The van der Waals surface area contributed by atoms with Crippen molar-refractivity contribution < 1.29 is 9.18 Å². The molecule has 2 aromatic carbocycles. The minimum absolute atomic E-state index is 0.251. The summed E-state index contributed by atoms with van der Waals surface area (Å²) in [6.45, 7) is 2.45. The topological polar surface area (TPSA) is 58.1 Å². The average molecular weight is 362 g/mol. The minimum Gasteiger partial charge on any atom is -0.347 e. The van der Waals surface area contributed by atoms with Gasteiger partial charge in [-0.1, -0.05) is 30.3 Å². The number of anilines is 2. The van der Waals surface area contributed by atoms with Gasteiger partial charge in [0.05, 0.1) is 12.4 Å². The Morgan fingerprint density at radius 3 is 2.67 bits per heavy atom. The number of carbonyl (C=O) groups excluding carboxylic acids is 1. The lowest BCUT2D eigenvalue weighted by molar-refractivity contribution is 0.0945. The summed E-state index contributed by atoms with van der Waals surface area (Å²) in [6.07, 6.45) is 4.08. The van der Waals surface area contributed by atoms with Crippen LogP contribution in [0.4, 0.5) is 15.9 Å². The number of nitrogens with zero attached hydrogens (tertiary/aromatic N) is 3. The van der Waals surface area contributed by atoms with Crippen molar-refractivity contribution in [3.63, 3.8) is 0 Å². The summed E-state index contributed by atoms with van der Waals surface area (Å²) in [7, 11) is 0. The van der Waals surface area contributed by atoms with Crippen LogP contribution in [0.1, 0.15) is 28.5 Å². The second kappa shape index (κ2) is 7.15. The average Bonchev–Trinajstić information content (AvgIpc) is 3.03. The van der Waals surface area contributed by atoms with Crippen molar-refractivity contribution in [1.29, 1.82) is 0 Å². The molecule has 0 aliphatic carbocycles. The molecule has 2 heterocycles. The molecule has 0 bridgehead atoms. The Bertz CT molecular complexity index is 957. The number of rotatable bonds is 4. The molecule has 0 saturated heterocycles. The van der Waals surface area contributed by atoms with Crippen LogP contribution in [-0.2, 0) is 13.0 Å². The first-order valence-electron chi connectivity index (χ1n) is 8.83. The van der Waals surface area contributed by atoms with Gasteiger partial charge < -0.3 is 10.2 Å². The summed E-state index contributed by atoms with van der Waals surface area (Å²) < 4.78 is 12.9. The zero-order valence-corrected chi connectivity index (χ0v) is 14.9. The highest BCUT2D eigenvalue weighted by Gasteiger charge is 2.27. The fourth-order valence-electron chi connectivity index (χ4n) is 3.35. The van der Waals surface area contributed by atoms with E-state index in [2.05, 4.69) is 39.2 Å². The van der Waals surface area contributed by atoms with Gasteiger partial charge in [0.25, 0.3) is 5.91 Å². The molecular formula is C21H19FN4O. The van der Waals surface area contributed by atoms with Crippen molar-refractivity contribution in [2.75, 3.05) is 4.90 Å². The Balaban J connectivity index is 1.46. The van der Waals surface area contributed by atoms with E-state index >= 15 is 0 Å². The quantitative estimate of drug-likeness (QED) is 0.770. The summed E-state index contributed by atoms with van der Waals surface area (Å²) in [5, 5.41) is 2.77. The zero-order valence-electron chi connectivity index (χ0n) is 14.9. The van der Waals surface area contributed by atoms with Crippen LogP contribution in [0.5, 0.6) is 0 Å². The van der Waals surface area contributed by atoms with Gasteiger partial charge in [0.2, 0.25) is 0 Å². The van der Waals surface area contributed by atoms with Gasteiger partial charge in [-0.2, -0.15) is 0 Å². The Morgan fingerprint density at radius 2 is 1.93 bits per heavy atom. The first-order valence-corrected chi connectivity index (χ1v) is 8.83. The molecule has 6 heteroatoms. The van der Waals surface area contributed by atoms with E-state index in [1.54, 1.807) is 18.3 Å². The number of para-hydroxylation sites is 1. The van der Waals surface area contributed by atoms with Crippen LogP contribution in [0, 0.1) is 5.82 Å². The largest absolute Gasteiger partial charge is 0.347 e. The summed E-state index contributed by atoms with van der Waals surface area (Å²) in [5.74, 6) is 0.111. The lowest BCUT2D eigenvalue weighted by atomic mass is 10.1. The maximum atomic E-state index is 12.9. The summed E-state index contributed by atoms with van der Waals surface area (Å²) in [5.41, 5.74) is 3.48. The molecule has 1 N–H and O–H groups in total. The smallest absolute Gasteiger partial charge is 0.271 e. The Morgan fingerprint density at radius 1 is 1.15 bits per heavy atom. The number of carbonyl (C=O) groups is 1. The molecule has 0 fully saturated rings. The maximum absolute atomic E-state index is 12.9. The van der Waals surface area contributed by atoms with E-state index in [4.69, 9.17) is 0 Å². The fourth-order valence-corrected chi connectivity index (χ4v) is 3.35. The number of halogens is 1. The predicted octanol–water partition coefficient (Wildman–Crippen LogP) is 3.63. The van der Waals surface area contributed by atoms with Crippen LogP contribution >= 0.6 is 0 Å². The predicted molar refractivity (Wildman–Crippen MR) is 101 cm³/mol. The Labute approximate surface area is 156 Å². The monoisotopic (exact) mass is 362 g/mol. The van der Waals surface area contributed by atoms with Gasteiger partial charge in [-0.15, -0.1) is 0 Å². The van der Waals surface area contributed by atoms with Gasteiger partial charge in [-0.3, -0.25) is 4.79 Å². The highest BCUT2D eigenvalue weighted by atomic mass is 19.1. The van der Waals surface area contributed by atoms with Gasteiger partial charge in [0.15, 0.2) is 5.82 Å². The van der Waals surface area contributed by atoms with E-state index < -0.39 is 0 Å². The van der Waals surface area contributed by atoms with Crippen molar-refractivity contribution in [3.8, 4) is 0 Å². The third kappa shape index (κ3) is 3.51. The van der Waals surface area contributed by atoms with Crippen molar-refractivity contribution >= 4 is 17.4 Å². The molecule has 4 rings (SSSR count). The van der Waals surface area contributed by atoms with Crippen LogP contribution in [-0.4, -0.2) is 21.9 Å². The lowest BCUT2D eigenvalue weighted by Crippen LogP contribution is -2.26. The van der Waals surface area contributed by atoms with E-state index in [0.29, 0.717) is 6.54 Å². The fraction of sp³-hybridized carbons (Fsp3) is 0.190. The Hall–Kier alpha value is -3.28. The van der Waals surface area contributed by atoms with Crippen LogP contribution in [0.25, 0.3) is 0 Å². The number of nitrogens with one attached hydrogen (secondary N) is 1. The molecule has 0 spiro atoms. The van der Waals surface area contributed by atoms with Crippen molar-refractivity contribution in [2.24, 2.45) is 0 Å². The number of aromatic nitrogens is 2. The van der Waals surface area contributed by atoms with E-state index in [0.717, 1.165) is 23.5 Å². The molecule has 1 aliphatic rings. The molecule has 3 aromatic rings. The number of amides is 1. The molecule has 0 radical (unpaired) electrons. The number of fused-ring (bicyclic) bond motifs is 1. The molecule has 1 unspecified atom stereocenters. The second-order valence-electron chi connectivity index (χ2n) is 6.62. The first-order chi connectivity index (χ1) is 13.1. The van der Waals surface area contributed by atoms with Crippen LogP contribution in [0.3, 0.4) is 0 Å². The van der Waals surface area contributed by atoms with E-state index in [9.17, 15) is 9.18 Å². The molecular weight excluding hydrogens is 343 g/mol. The Kier molecular flexibility index (Phi) is 4.54. The number of benzene rings is 2. The third-order valence-electron chi connectivity index (χ3n) is 4.69. The summed E-state index contributed by atoms with van der Waals surface area (Å²) in [6, 6.07) is 14.5. The first kappa shape index (κ1) is 17.1. The molecule has 0 saturated carbocycles. The molecule has 5 nitrogen and oxygen atoms in total. The zero-order chi connectivity index (χ0) is 18.8. The minimum atomic E-state index is -0.312. The van der Waals surface area contributed by atoms with Crippen LogP contribution in [0.2, 0.25) is 0 Å². The van der Waals surface area contributed by atoms with Crippen LogP contribution < -0.4 is 10.2 Å². The number of hydrogen-bond donors (Lipinski definition) is 1. The van der Waals surface area contributed by atoms with E-state index in [1.807, 2.05) is 12.1 Å². The lowest BCUT2D eigenvalue weighted by Gasteiger charge is -2.23. The molecule has 1 aliphatic heterocycles. The van der Waals surface area contributed by atoms with Crippen molar-refractivity contribution in [1.82, 2.24) is 15.3 Å². The molecule has 136 valence electrons. The van der Waals surface area contributed by atoms with Crippen molar-refractivity contribution in [3.05, 3.63) is 83.6 Å². The van der Waals surface area contributed by atoms with Crippen molar-refractivity contribution in [2.45, 2.75) is 25.9 Å². The molecule has 1 amide bonds. The van der Waals surface area contributed by atoms with Gasteiger partial charge in [-0.25, -0.2) is 14.4 Å².